The third-order valence-electron chi connectivity index (χ3n) is 3.37. The molecule has 5 nitrogen and oxygen atoms in total. The Labute approximate surface area is 132 Å². The van der Waals surface area contributed by atoms with Crippen molar-refractivity contribution in [2.24, 2.45) is 7.05 Å². The van der Waals surface area contributed by atoms with Crippen LogP contribution in [0, 0.1) is 5.82 Å². The van der Waals surface area contributed by atoms with Gasteiger partial charge in [0.15, 0.2) is 0 Å². The van der Waals surface area contributed by atoms with Gasteiger partial charge in [-0.15, -0.1) is 0 Å². The van der Waals surface area contributed by atoms with Crippen LogP contribution in [0.1, 0.15) is 15.9 Å². The number of carbonyl (C=O) groups excluding carboxylic acids is 1. The zero-order chi connectivity index (χ0) is 16.2. The van der Waals surface area contributed by atoms with Gasteiger partial charge in [-0.05, 0) is 29.8 Å². The van der Waals surface area contributed by atoms with Gasteiger partial charge in [-0.2, -0.15) is 5.10 Å². The molecule has 0 spiro atoms. The molecule has 0 saturated heterocycles. The number of pyridine rings is 1. The van der Waals surface area contributed by atoms with E-state index >= 15 is 0 Å². The van der Waals surface area contributed by atoms with Crippen molar-refractivity contribution in [2.45, 2.75) is 6.54 Å². The van der Waals surface area contributed by atoms with Crippen molar-refractivity contribution in [1.29, 1.82) is 0 Å². The highest BCUT2D eigenvalue weighted by Crippen LogP contribution is 2.18. The number of amides is 1. The second-order valence-electron chi connectivity index (χ2n) is 5.18. The van der Waals surface area contributed by atoms with Gasteiger partial charge in [0, 0.05) is 48.9 Å². The molecule has 0 aliphatic heterocycles. The number of nitrogens with one attached hydrogen (secondary N) is 1. The minimum absolute atomic E-state index is 0.293. The summed E-state index contributed by atoms with van der Waals surface area (Å²) in [5.41, 5.74) is 3.03. The Balaban J connectivity index is 1.70. The summed E-state index contributed by atoms with van der Waals surface area (Å²) in [6.45, 7) is 0.316. The summed E-state index contributed by atoms with van der Waals surface area (Å²) in [5.74, 6) is -0.755. The Morgan fingerprint density at radius 3 is 2.83 bits per heavy atom. The molecule has 116 valence electrons. The van der Waals surface area contributed by atoms with E-state index < -0.39 is 5.82 Å². The van der Waals surface area contributed by atoms with Gasteiger partial charge in [-0.25, -0.2) is 4.39 Å². The normalized spacial score (nSPS) is 10.5. The Morgan fingerprint density at radius 1 is 1.22 bits per heavy atom. The van der Waals surface area contributed by atoms with Gasteiger partial charge in [0.1, 0.15) is 5.82 Å². The van der Waals surface area contributed by atoms with Crippen molar-refractivity contribution in [1.82, 2.24) is 20.1 Å². The molecule has 2 aromatic heterocycles. The maximum absolute atomic E-state index is 13.1. The van der Waals surface area contributed by atoms with E-state index in [2.05, 4.69) is 15.4 Å². The van der Waals surface area contributed by atoms with E-state index in [0.29, 0.717) is 12.1 Å². The van der Waals surface area contributed by atoms with Gasteiger partial charge in [-0.3, -0.25) is 14.5 Å². The molecule has 0 bridgehead atoms. The van der Waals surface area contributed by atoms with E-state index in [1.54, 1.807) is 29.3 Å². The summed E-state index contributed by atoms with van der Waals surface area (Å²) in [7, 11) is 1.85. The molecule has 0 aliphatic carbocycles. The number of aromatic nitrogens is 3. The third-order valence-corrected chi connectivity index (χ3v) is 3.37. The smallest absolute Gasteiger partial charge is 0.251 e. The van der Waals surface area contributed by atoms with Crippen molar-refractivity contribution < 1.29 is 9.18 Å². The van der Waals surface area contributed by atoms with Crippen LogP contribution in [0.5, 0.6) is 0 Å². The lowest BCUT2D eigenvalue weighted by Gasteiger charge is -2.06. The first kappa shape index (κ1) is 14.9. The molecule has 1 aromatic carbocycles. The van der Waals surface area contributed by atoms with Crippen molar-refractivity contribution in [2.75, 3.05) is 0 Å². The molecule has 0 saturated carbocycles. The zero-order valence-electron chi connectivity index (χ0n) is 12.5. The first-order valence-electron chi connectivity index (χ1n) is 7.08. The minimum atomic E-state index is -0.433. The van der Waals surface area contributed by atoms with Crippen molar-refractivity contribution in [3.8, 4) is 11.1 Å². The molecule has 0 unspecified atom stereocenters. The average molecular weight is 310 g/mol. The Kier molecular flexibility index (Phi) is 4.14. The molecule has 1 amide bonds. The molecule has 0 atom stereocenters. The second-order valence-corrected chi connectivity index (χ2v) is 5.18. The van der Waals surface area contributed by atoms with Gasteiger partial charge in [0.2, 0.25) is 0 Å². The lowest BCUT2D eigenvalue weighted by molar-refractivity contribution is 0.0950. The Hall–Kier alpha value is -3.02. The van der Waals surface area contributed by atoms with Crippen LogP contribution in [0.4, 0.5) is 4.39 Å². The molecule has 3 aromatic rings. The maximum Gasteiger partial charge on any atom is 0.251 e. The number of hydrogen-bond acceptors (Lipinski definition) is 3. The van der Waals surface area contributed by atoms with Gasteiger partial charge in [-0.1, -0.05) is 6.07 Å². The molecule has 3 rings (SSSR count). The Morgan fingerprint density at radius 2 is 2.09 bits per heavy atom. The van der Waals surface area contributed by atoms with Gasteiger partial charge >= 0.3 is 0 Å². The van der Waals surface area contributed by atoms with Crippen LogP contribution in [-0.4, -0.2) is 20.7 Å². The molecular formula is C17H15FN4O. The van der Waals surface area contributed by atoms with Crippen molar-refractivity contribution in [3.05, 3.63) is 72.1 Å². The predicted molar refractivity (Wildman–Crippen MR) is 84.0 cm³/mol. The second kappa shape index (κ2) is 6.39. The number of hydrogen-bond donors (Lipinski definition) is 1. The highest BCUT2D eigenvalue weighted by Gasteiger charge is 2.07. The lowest BCUT2D eigenvalue weighted by atomic mass is 10.1. The first-order chi connectivity index (χ1) is 11.1. The molecular weight excluding hydrogens is 295 g/mol. The highest BCUT2D eigenvalue weighted by molar-refractivity contribution is 5.94. The monoisotopic (exact) mass is 310 g/mol. The molecule has 1 N–H and O–H groups in total. The van der Waals surface area contributed by atoms with Gasteiger partial charge < -0.3 is 5.32 Å². The molecule has 2 heterocycles. The highest BCUT2D eigenvalue weighted by atomic mass is 19.1. The van der Waals surface area contributed by atoms with E-state index in [1.807, 2.05) is 19.3 Å². The third kappa shape index (κ3) is 3.60. The van der Waals surface area contributed by atoms with Crippen LogP contribution < -0.4 is 5.32 Å². The number of rotatable bonds is 4. The number of benzene rings is 1. The average Bonchev–Trinajstić information content (AvgIpc) is 2.99. The van der Waals surface area contributed by atoms with E-state index in [9.17, 15) is 9.18 Å². The summed E-state index contributed by atoms with van der Waals surface area (Å²) in [6, 6.07) is 7.53. The van der Waals surface area contributed by atoms with Crippen LogP contribution in [0.2, 0.25) is 0 Å². The van der Waals surface area contributed by atoms with Crippen LogP contribution in [0.25, 0.3) is 11.1 Å². The molecule has 23 heavy (non-hydrogen) atoms. The van der Waals surface area contributed by atoms with Crippen LogP contribution >= 0.6 is 0 Å². The SMILES string of the molecule is Cn1cc(-c2cncc(CNC(=O)c3cccc(F)c3)c2)cn1. The van der Waals surface area contributed by atoms with E-state index in [0.717, 1.165) is 16.7 Å². The molecule has 0 fully saturated rings. The number of nitrogens with zero attached hydrogens (tertiary/aromatic N) is 3. The van der Waals surface area contributed by atoms with E-state index in [1.165, 1.54) is 18.2 Å². The van der Waals surface area contributed by atoms with Crippen LogP contribution in [-0.2, 0) is 13.6 Å². The summed E-state index contributed by atoms with van der Waals surface area (Å²) >= 11 is 0. The number of aryl methyl sites for hydroxylation is 1. The largest absolute Gasteiger partial charge is 0.348 e. The Bertz CT molecular complexity index is 844. The lowest BCUT2D eigenvalue weighted by Crippen LogP contribution is -2.22. The fourth-order valence-electron chi connectivity index (χ4n) is 2.23. The maximum atomic E-state index is 13.1. The topological polar surface area (TPSA) is 59.8 Å². The van der Waals surface area contributed by atoms with Crippen LogP contribution in [0.15, 0.2) is 55.1 Å². The van der Waals surface area contributed by atoms with Gasteiger partial charge in [0.25, 0.3) is 5.91 Å². The number of halogens is 1. The molecule has 0 aliphatic rings. The van der Waals surface area contributed by atoms with E-state index in [4.69, 9.17) is 0 Å². The summed E-state index contributed by atoms with van der Waals surface area (Å²) < 4.78 is 14.9. The van der Waals surface area contributed by atoms with Crippen molar-refractivity contribution in [3.63, 3.8) is 0 Å². The van der Waals surface area contributed by atoms with Crippen molar-refractivity contribution >= 4 is 5.91 Å². The minimum Gasteiger partial charge on any atom is -0.348 e. The predicted octanol–water partition coefficient (Wildman–Crippen LogP) is 2.55. The number of carbonyl (C=O) groups is 1. The zero-order valence-corrected chi connectivity index (χ0v) is 12.5. The fraction of sp³-hybridized carbons (Fsp3) is 0.118. The molecule has 0 radical (unpaired) electrons. The summed E-state index contributed by atoms with van der Waals surface area (Å²) in [6.07, 6.45) is 7.08. The van der Waals surface area contributed by atoms with E-state index in [-0.39, 0.29) is 5.91 Å². The first-order valence-corrected chi connectivity index (χ1v) is 7.08. The quantitative estimate of drug-likeness (QED) is 0.805. The standard InChI is InChI=1S/C17H15FN4O/c1-22-11-15(10-21-22)14-5-12(7-19-9-14)8-20-17(23)13-3-2-4-16(18)6-13/h2-7,9-11H,8H2,1H3,(H,20,23). The van der Waals surface area contributed by atoms with Crippen LogP contribution in [0.3, 0.4) is 0 Å². The summed E-state index contributed by atoms with van der Waals surface area (Å²) in [5, 5.41) is 6.89. The molecule has 6 heteroatoms. The van der Waals surface area contributed by atoms with Gasteiger partial charge in [0.05, 0.1) is 6.20 Å². The fourth-order valence-corrected chi connectivity index (χ4v) is 2.23. The summed E-state index contributed by atoms with van der Waals surface area (Å²) in [4.78, 5) is 16.2.